The fraction of sp³-hybridized carbons (Fsp3) is 0.679. The van der Waals surface area contributed by atoms with Crippen LogP contribution in [0.4, 0.5) is 5.69 Å². The van der Waals surface area contributed by atoms with Crippen LogP contribution in [-0.4, -0.2) is 164 Å². The molecular formula is C53H87BrN10O9. The lowest BCUT2D eigenvalue weighted by molar-refractivity contribution is -0.145. The Kier molecular flexibility index (Phi) is 27.8. The van der Waals surface area contributed by atoms with Crippen molar-refractivity contribution in [3.63, 3.8) is 0 Å². The molecule has 0 spiro atoms. The molecule has 1 aromatic heterocycles. The molecule has 8 unspecified atom stereocenters. The van der Waals surface area contributed by atoms with Crippen molar-refractivity contribution in [2.45, 2.75) is 155 Å². The molecule has 2 aromatic rings. The van der Waals surface area contributed by atoms with Gasteiger partial charge in [-0.05, 0) is 83.7 Å². The number of anilines is 1. The van der Waals surface area contributed by atoms with E-state index in [4.69, 9.17) is 9.47 Å². The topological polar surface area (TPSA) is 234 Å². The summed E-state index contributed by atoms with van der Waals surface area (Å²) in [4.78, 5) is 107. The Morgan fingerprint density at radius 3 is 2.07 bits per heavy atom. The van der Waals surface area contributed by atoms with E-state index in [1.165, 1.54) is 20.5 Å². The second-order valence-electron chi connectivity index (χ2n) is 20.1. The molecule has 20 heteroatoms. The van der Waals surface area contributed by atoms with Crippen LogP contribution in [0.3, 0.4) is 0 Å². The number of benzene rings is 1. The van der Waals surface area contributed by atoms with Crippen molar-refractivity contribution in [3.8, 4) is 0 Å². The van der Waals surface area contributed by atoms with E-state index in [9.17, 15) is 33.6 Å². The van der Waals surface area contributed by atoms with Gasteiger partial charge in [0.2, 0.25) is 41.4 Å². The van der Waals surface area contributed by atoms with Crippen molar-refractivity contribution in [3.05, 3.63) is 53.6 Å². The van der Waals surface area contributed by atoms with Crippen molar-refractivity contribution in [2.75, 3.05) is 66.9 Å². The van der Waals surface area contributed by atoms with Crippen LogP contribution in [-0.2, 0) is 60.2 Å². The predicted molar refractivity (Wildman–Crippen MR) is 287 cm³/mol. The van der Waals surface area contributed by atoms with Crippen molar-refractivity contribution in [2.24, 2.45) is 17.8 Å². The maximum atomic E-state index is 14.2. The van der Waals surface area contributed by atoms with Gasteiger partial charge in [0, 0.05) is 58.0 Å². The molecule has 1 aromatic carbocycles. The maximum Gasteiger partial charge on any atom is 0.243 e. The Morgan fingerprint density at radius 2 is 1.51 bits per heavy atom. The van der Waals surface area contributed by atoms with Gasteiger partial charge >= 0.3 is 0 Å². The van der Waals surface area contributed by atoms with Crippen LogP contribution in [0, 0.1) is 17.8 Å². The Bertz CT molecular complexity index is 2080. The minimum Gasteiger partial charge on any atom is -0.379 e. The van der Waals surface area contributed by atoms with E-state index in [2.05, 4.69) is 66.3 Å². The van der Waals surface area contributed by atoms with Crippen LogP contribution in [0.15, 0.2) is 36.7 Å². The first-order valence-electron chi connectivity index (χ1n) is 25.6. The zero-order chi connectivity index (χ0) is 55.2. The Balaban J connectivity index is 0.00000593. The van der Waals surface area contributed by atoms with Crippen LogP contribution < -0.4 is 26.6 Å². The number of hydrogen-bond donors (Lipinski definition) is 5. The summed E-state index contributed by atoms with van der Waals surface area (Å²) in [5.41, 5.74) is 0.928. The minimum atomic E-state index is -1.01. The number of nitrogens with one attached hydrogen (secondary N) is 5. The van der Waals surface area contributed by atoms with Gasteiger partial charge in [-0.2, -0.15) is 0 Å². The van der Waals surface area contributed by atoms with E-state index in [-0.39, 0.29) is 61.0 Å². The number of aromatic nitrogens is 2. The molecule has 1 saturated heterocycles. The van der Waals surface area contributed by atoms with Crippen molar-refractivity contribution < 1.29 is 43.0 Å². The minimum absolute atomic E-state index is 0.00983. The smallest absolute Gasteiger partial charge is 0.243 e. The molecular weight excluding hydrogens is 1000 g/mol. The second-order valence-corrected chi connectivity index (χ2v) is 20.6. The van der Waals surface area contributed by atoms with Crippen molar-refractivity contribution >= 4 is 63.0 Å². The summed E-state index contributed by atoms with van der Waals surface area (Å²) in [6, 6.07) is 5.03. The van der Waals surface area contributed by atoms with Crippen LogP contribution in [0.2, 0.25) is 0 Å². The molecule has 0 bridgehead atoms. The number of hydrogen-bond acceptors (Lipinski definition) is 12. The average Bonchev–Trinajstić information content (AvgIpc) is 3.84. The number of rotatable bonds is 27. The largest absolute Gasteiger partial charge is 0.379 e. The molecule has 73 heavy (non-hydrogen) atoms. The number of halogens is 1. The van der Waals surface area contributed by atoms with Crippen LogP contribution in [0.25, 0.3) is 0 Å². The highest BCUT2D eigenvalue weighted by atomic mass is 79.9. The van der Waals surface area contributed by atoms with Gasteiger partial charge in [-0.15, -0.1) is 0 Å². The van der Waals surface area contributed by atoms with Crippen molar-refractivity contribution in [1.29, 1.82) is 0 Å². The first kappa shape index (κ1) is 64.1. The molecule has 7 amide bonds. The van der Waals surface area contributed by atoms with E-state index in [1.807, 2.05) is 52.8 Å². The second kappa shape index (κ2) is 31.6. The van der Waals surface area contributed by atoms with Gasteiger partial charge in [-0.3, -0.25) is 38.5 Å². The third-order valence-corrected chi connectivity index (χ3v) is 13.9. The first-order chi connectivity index (χ1) is 34.4. The highest BCUT2D eigenvalue weighted by Gasteiger charge is 2.42. The summed E-state index contributed by atoms with van der Waals surface area (Å²) in [5, 5.41) is 14.3. The third kappa shape index (κ3) is 19.3. The maximum absolute atomic E-state index is 14.2. The monoisotopic (exact) mass is 1090 g/mol. The van der Waals surface area contributed by atoms with Crippen LogP contribution in [0.1, 0.15) is 118 Å². The number of amides is 7. The number of likely N-dealkylation sites (tertiary alicyclic amines) is 1. The molecule has 2 heterocycles. The number of carbonyl (C=O) groups is 7. The SMILES string of the molecule is CCC.CCC(C)C(C(CC(=O)N1CCCC1C(OC)C(C)C(=O)NCCc1cccc(NC(=O)CNC(=O)C(C)NC(=O)C(C)(C)c2cnc(CBr)nc2)c1)OC)N(C)C(=O)CNC(=O)C(C(C)C)N(C)C. The van der Waals surface area contributed by atoms with E-state index in [0.717, 1.165) is 18.4 Å². The normalized spacial score (nSPS) is 16.4. The lowest BCUT2D eigenvalue weighted by Gasteiger charge is -2.39. The Morgan fingerprint density at radius 1 is 0.877 bits per heavy atom. The summed E-state index contributed by atoms with van der Waals surface area (Å²) < 4.78 is 11.9. The van der Waals surface area contributed by atoms with Gasteiger partial charge in [0.05, 0.1) is 66.5 Å². The van der Waals surface area contributed by atoms with Crippen molar-refractivity contribution in [1.82, 2.24) is 45.9 Å². The number of nitrogens with zero attached hydrogens (tertiary/aromatic N) is 5. The van der Waals surface area contributed by atoms with Gasteiger partial charge in [-0.25, -0.2) is 9.97 Å². The van der Waals surface area contributed by atoms with E-state index in [0.29, 0.717) is 48.3 Å². The summed E-state index contributed by atoms with van der Waals surface area (Å²) in [6.45, 7) is 19.2. The van der Waals surface area contributed by atoms with Gasteiger partial charge in [-0.1, -0.05) is 89.4 Å². The number of likely N-dealkylation sites (N-methyl/N-ethyl adjacent to an activating group) is 2. The average molecular weight is 1090 g/mol. The number of ether oxygens (including phenoxy) is 2. The molecule has 410 valence electrons. The third-order valence-electron chi connectivity index (χ3n) is 13.4. The van der Waals surface area contributed by atoms with Gasteiger partial charge in [0.1, 0.15) is 11.9 Å². The molecule has 1 aliphatic rings. The van der Waals surface area contributed by atoms with Gasteiger partial charge in [0.25, 0.3) is 0 Å². The molecule has 0 radical (unpaired) electrons. The predicted octanol–water partition coefficient (Wildman–Crippen LogP) is 4.61. The van der Waals surface area contributed by atoms with Crippen LogP contribution >= 0.6 is 15.9 Å². The van der Waals surface area contributed by atoms with Crippen LogP contribution in [0.5, 0.6) is 0 Å². The Hall–Kier alpha value is -5.05. The number of carbonyl (C=O) groups excluding carboxylic acids is 7. The lowest BCUT2D eigenvalue weighted by atomic mass is 9.85. The molecule has 1 aliphatic heterocycles. The fourth-order valence-electron chi connectivity index (χ4n) is 8.99. The molecule has 8 atom stereocenters. The summed E-state index contributed by atoms with van der Waals surface area (Å²) in [7, 11) is 8.43. The standard InChI is InChI=1S/C50H79BrN10O9.C3H8/c1-14-31(4)44(60(11)42(64)29-56-48(67)43(30(2)3)59(9)10)38(69-12)24-41(63)61-22-16-19-37(61)45(70-13)32(5)46(65)52-21-20-34-17-15-18-36(23-34)58-40(62)28-55-47(66)33(6)57-49(68)50(7,8)35-26-53-39(25-51)54-27-35;1-3-2/h15,17-18,23,26-27,30-33,37-38,43-45H,14,16,19-22,24-25,28-29H2,1-13H3,(H,52,65)(H,55,66)(H,56,67)(H,57,68)(H,58,62);3H2,1-2H3. The Labute approximate surface area is 443 Å². The zero-order valence-corrected chi connectivity index (χ0v) is 47.8. The molecule has 0 aliphatic carbocycles. The van der Waals surface area contributed by atoms with E-state index in [1.54, 1.807) is 75.3 Å². The first-order valence-corrected chi connectivity index (χ1v) is 26.7. The zero-order valence-electron chi connectivity index (χ0n) is 46.2. The molecule has 19 nitrogen and oxygen atoms in total. The highest BCUT2D eigenvalue weighted by molar-refractivity contribution is 9.08. The van der Waals surface area contributed by atoms with Gasteiger partial charge in [0.15, 0.2) is 0 Å². The lowest BCUT2D eigenvalue weighted by Crippen LogP contribution is -2.55. The van der Waals surface area contributed by atoms with E-state index >= 15 is 0 Å². The van der Waals surface area contributed by atoms with E-state index < -0.39 is 59.4 Å². The highest BCUT2D eigenvalue weighted by Crippen LogP contribution is 2.29. The quantitative estimate of drug-likeness (QED) is 0.0773. The number of methoxy groups -OCH3 is 2. The fourth-order valence-corrected chi connectivity index (χ4v) is 9.28. The van der Waals surface area contributed by atoms with Gasteiger partial charge < -0.3 is 45.9 Å². The molecule has 0 saturated carbocycles. The molecule has 5 N–H and O–H groups in total. The molecule has 3 rings (SSSR count). The summed E-state index contributed by atoms with van der Waals surface area (Å²) >= 11 is 3.30. The molecule has 1 fully saturated rings. The summed E-state index contributed by atoms with van der Waals surface area (Å²) in [6.07, 6.45) is 5.76. The summed E-state index contributed by atoms with van der Waals surface area (Å²) in [5.74, 6) is -2.31. The number of alkyl halides is 1.